The Morgan fingerprint density at radius 3 is 3.07 bits per heavy atom. The van der Waals surface area contributed by atoms with E-state index in [2.05, 4.69) is 10.2 Å². The van der Waals surface area contributed by atoms with Crippen LogP contribution in [0.15, 0.2) is 12.4 Å². The highest BCUT2D eigenvalue weighted by Crippen LogP contribution is 2.09. The van der Waals surface area contributed by atoms with Gasteiger partial charge in [-0.1, -0.05) is 0 Å². The standard InChI is InChI=1S/C9H11N3O2/c13-8-2-1-3-12(6-8)9(14)7-4-10-11-5-7/h4-5H,1-3,6H2,(H,10,11). The van der Waals surface area contributed by atoms with Gasteiger partial charge in [-0.3, -0.25) is 14.7 Å². The van der Waals surface area contributed by atoms with Crippen LogP contribution in [-0.2, 0) is 4.79 Å². The quantitative estimate of drug-likeness (QED) is 0.693. The van der Waals surface area contributed by atoms with E-state index in [4.69, 9.17) is 0 Å². The Labute approximate surface area is 81.1 Å². The molecule has 0 aliphatic carbocycles. The lowest BCUT2D eigenvalue weighted by atomic mass is 10.1. The Morgan fingerprint density at radius 1 is 1.57 bits per heavy atom. The zero-order valence-corrected chi connectivity index (χ0v) is 7.69. The lowest BCUT2D eigenvalue weighted by Gasteiger charge is -2.25. The Bertz CT molecular complexity index is 345. The van der Waals surface area contributed by atoms with Gasteiger partial charge in [0.05, 0.1) is 18.3 Å². The first kappa shape index (κ1) is 8.93. The summed E-state index contributed by atoms with van der Waals surface area (Å²) in [6.07, 6.45) is 4.38. The van der Waals surface area contributed by atoms with Gasteiger partial charge in [-0.2, -0.15) is 5.10 Å². The minimum atomic E-state index is -0.119. The highest BCUT2D eigenvalue weighted by molar-refractivity contribution is 5.96. The van der Waals surface area contributed by atoms with Gasteiger partial charge in [0.15, 0.2) is 5.78 Å². The lowest BCUT2D eigenvalue weighted by Crippen LogP contribution is -2.39. The first-order valence-corrected chi connectivity index (χ1v) is 4.57. The van der Waals surface area contributed by atoms with Gasteiger partial charge in [0.1, 0.15) is 0 Å². The van der Waals surface area contributed by atoms with Gasteiger partial charge >= 0.3 is 0 Å². The number of ketones is 1. The van der Waals surface area contributed by atoms with E-state index < -0.39 is 0 Å². The van der Waals surface area contributed by atoms with E-state index in [1.165, 1.54) is 6.20 Å². The van der Waals surface area contributed by atoms with Gasteiger partial charge < -0.3 is 4.90 Å². The van der Waals surface area contributed by atoms with Gasteiger partial charge in [-0.05, 0) is 6.42 Å². The second-order valence-electron chi connectivity index (χ2n) is 3.36. The molecule has 0 saturated carbocycles. The lowest BCUT2D eigenvalue weighted by molar-refractivity contribution is -0.121. The number of rotatable bonds is 1. The number of aromatic amines is 1. The van der Waals surface area contributed by atoms with Crippen molar-refractivity contribution in [2.45, 2.75) is 12.8 Å². The molecule has 1 aromatic rings. The van der Waals surface area contributed by atoms with Crippen LogP contribution in [0.25, 0.3) is 0 Å². The molecule has 0 unspecified atom stereocenters. The van der Waals surface area contributed by atoms with Crippen LogP contribution in [0.5, 0.6) is 0 Å². The summed E-state index contributed by atoms with van der Waals surface area (Å²) in [6.45, 7) is 0.903. The molecule has 74 valence electrons. The van der Waals surface area contributed by atoms with E-state index in [0.29, 0.717) is 18.5 Å². The summed E-state index contributed by atoms with van der Waals surface area (Å²) in [5.74, 6) is 0.0138. The maximum atomic E-state index is 11.7. The normalized spacial score (nSPS) is 17.1. The van der Waals surface area contributed by atoms with Gasteiger partial charge in [0.25, 0.3) is 5.91 Å². The van der Waals surface area contributed by atoms with Crippen molar-refractivity contribution in [1.82, 2.24) is 15.1 Å². The van der Waals surface area contributed by atoms with Crippen molar-refractivity contribution in [3.63, 3.8) is 0 Å². The molecule has 2 heterocycles. The SMILES string of the molecule is O=C1CCCN(C(=O)c2cn[nH]c2)C1. The molecule has 1 N–H and O–H groups in total. The van der Waals surface area contributed by atoms with Gasteiger partial charge in [0.2, 0.25) is 0 Å². The Hall–Kier alpha value is -1.65. The fourth-order valence-electron chi connectivity index (χ4n) is 1.56. The van der Waals surface area contributed by atoms with E-state index >= 15 is 0 Å². The second-order valence-corrected chi connectivity index (χ2v) is 3.36. The molecule has 1 aliphatic heterocycles. The van der Waals surface area contributed by atoms with Crippen molar-refractivity contribution in [2.75, 3.05) is 13.1 Å². The molecule has 0 bridgehead atoms. The summed E-state index contributed by atoms with van der Waals surface area (Å²) in [5, 5.41) is 6.28. The van der Waals surface area contributed by atoms with Gasteiger partial charge in [-0.25, -0.2) is 0 Å². The van der Waals surface area contributed by atoms with Crippen molar-refractivity contribution >= 4 is 11.7 Å². The summed E-state index contributed by atoms with van der Waals surface area (Å²) in [5.41, 5.74) is 0.514. The van der Waals surface area contributed by atoms with Gasteiger partial charge in [-0.15, -0.1) is 0 Å². The molecule has 0 radical (unpaired) electrons. The molecule has 0 atom stereocenters. The van der Waals surface area contributed by atoms with Crippen molar-refractivity contribution in [1.29, 1.82) is 0 Å². The zero-order valence-electron chi connectivity index (χ0n) is 7.69. The molecule has 5 nitrogen and oxygen atoms in total. The summed E-state index contributed by atoms with van der Waals surface area (Å²) < 4.78 is 0. The maximum Gasteiger partial charge on any atom is 0.257 e. The van der Waals surface area contributed by atoms with Crippen LogP contribution in [-0.4, -0.2) is 39.9 Å². The Kier molecular flexibility index (Phi) is 2.30. The molecule has 1 amide bonds. The third kappa shape index (κ3) is 1.66. The Balaban J connectivity index is 2.08. The smallest absolute Gasteiger partial charge is 0.257 e. The van der Waals surface area contributed by atoms with E-state index in [1.54, 1.807) is 11.1 Å². The monoisotopic (exact) mass is 193 g/mol. The topological polar surface area (TPSA) is 66.1 Å². The number of carbonyl (C=O) groups is 2. The highest BCUT2D eigenvalue weighted by atomic mass is 16.2. The summed E-state index contributed by atoms with van der Waals surface area (Å²) in [6, 6.07) is 0. The first-order chi connectivity index (χ1) is 6.77. The number of likely N-dealkylation sites (tertiary alicyclic amines) is 1. The van der Waals surface area contributed by atoms with Crippen molar-refractivity contribution in [2.24, 2.45) is 0 Å². The molecule has 0 aromatic carbocycles. The summed E-state index contributed by atoms with van der Waals surface area (Å²) >= 11 is 0. The van der Waals surface area contributed by atoms with Gasteiger partial charge in [0, 0.05) is 19.2 Å². The fraction of sp³-hybridized carbons (Fsp3) is 0.444. The Morgan fingerprint density at radius 2 is 2.43 bits per heavy atom. The fourth-order valence-corrected chi connectivity index (χ4v) is 1.56. The van der Waals surface area contributed by atoms with Crippen molar-refractivity contribution in [3.8, 4) is 0 Å². The third-order valence-electron chi connectivity index (χ3n) is 2.28. The number of piperidine rings is 1. The molecule has 0 spiro atoms. The minimum absolute atomic E-state index is 0.119. The number of amides is 1. The van der Waals surface area contributed by atoms with E-state index in [0.717, 1.165) is 6.42 Å². The van der Waals surface area contributed by atoms with Crippen LogP contribution in [0.3, 0.4) is 0 Å². The van der Waals surface area contributed by atoms with Crippen LogP contribution >= 0.6 is 0 Å². The van der Waals surface area contributed by atoms with Crippen LogP contribution in [0.1, 0.15) is 23.2 Å². The summed E-state index contributed by atoms with van der Waals surface area (Å²) in [7, 11) is 0. The van der Waals surface area contributed by atoms with E-state index in [9.17, 15) is 9.59 Å². The molecule has 1 fully saturated rings. The molecule has 1 saturated heterocycles. The zero-order chi connectivity index (χ0) is 9.97. The molecule has 14 heavy (non-hydrogen) atoms. The number of H-pyrrole nitrogens is 1. The molecular weight excluding hydrogens is 182 g/mol. The average molecular weight is 193 g/mol. The number of carbonyl (C=O) groups excluding carboxylic acids is 2. The number of Topliss-reactive ketones (excluding diaryl/α,β-unsaturated/α-hetero) is 1. The number of nitrogens with one attached hydrogen (secondary N) is 1. The molecule has 1 aromatic heterocycles. The van der Waals surface area contributed by atoms with Crippen molar-refractivity contribution < 1.29 is 9.59 Å². The van der Waals surface area contributed by atoms with Crippen LogP contribution < -0.4 is 0 Å². The van der Waals surface area contributed by atoms with Crippen LogP contribution in [0.2, 0.25) is 0 Å². The highest BCUT2D eigenvalue weighted by Gasteiger charge is 2.22. The van der Waals surface area contributed by atoms with E-state index in [-0.39, 0.29) is 18.2 Å². The molecule has 5 heteroatoms. The molecule has 2 rings (SSSR count). The van der Waals surface area contributed by atoms with Crippen LogP contribution in [0, 0.1) is 0 Å². The third-order valence-corrected chi connectivity index (χ3v) is 2.28. The maximum absolute atomic E-state index is 11.7. The number of hydrogen-bond acceptors (Lipinski definition) is 3. The predicted octanol–water partition coefficient (Wildman–Crippen LogP) is 0.215. The molecule has 1 aliphatic rings. The summed E-state index contributed by atoms with van der Waals surface area (Å²) in [4.78, 5) is 24.4. The largest absolute Gasteiger partial charge is 0.331 e. The number of aromatic nitrogens is 2. The average Bonchev–Trinajstić information content (AvgIpc) is 2.69. The van der Waals surface area contributed by atoms with Crippen molar-refractivity contribution in [3.05, 3.63) is 18.0 Å². The predicted molar refractivity (Wildman–Crippen MR) is 48.7 cm³/mol. The minimum Gasteiger partial charge on any atom is -0.331 e. The van der Waals surface area contributed by atoms with E-state index in [1.807, 2.05) is 0 Å². The van der Waals surface area contributed by atoms with Crippen LogP contribution in [0.4, 0.5) is 0 Å². The number of hydrogen-bond donors (Lipinski definition) is 1. The molecular formula is C9H11N3O2. The number of nitrogens with zero attached hydrogens (tertiary/aromatic N) is 2. The first-order valence-electron chi connectivity index (χ1n) is 4.57. The second kappa shape index (κ2) is 3.61.